The highest BCUT2D eigenvalue weighted by Gasteiger charge is 2.38. The lowest BCUT2D eigenvalue weighted by Crippen LogP contribution is -2.40. The van der Waals surface area contributed by atoms with Crippen LogP contribution < -0.4 is 4.74 Å². The maximum absolute atomic E-state index is 12.3. The number of nitrogens with zero attached hydrogens (tertiary/aromatic N) is 1. The highest BCUT2D eigenvalue weighted by Crippen LogP contribution is 2.24. The van der Waals surface area contributed by atoms with Crippen LogP contribution in [0.4, 0.5) is 0 Å². The van der Waals surface area contributed by atoms with Gasteiger partial charge >= 0.3 is 5.97 Å². The molecule has 1 aromatic carbocycles. The van der Waals surface area contributed by atoms with Gasteiger partial charge in [-0.25, -0.2) is 8.42 Å². The summed E-state index contributed by atoms with van der Waals surface area (Å²) in [6.45, 7) is 0.267. The third kappa shape index (κ3) is 3.10. The summed E-state index contributed by atoms with van der Waals surface area (Å²) in [6, 6.07) is 5.83. The Labute approximate surface area is 118 Å². The molecule has 1 unspecified atom stereocenters. The lowest BCUT2D eigenvalue weighted by Gasteiger charge is -2.21. The van der Waals surface area contributed by atoms with Crippen molar-refractivity contribution in [3.8, 4) is 5.75 Å². The summed E-state index contributed by atoms with van der Waals surface area (Å²) in [5, 5.41) is 9.07. The fourth-order valence-corrected chi connectivity index (χ4v) is 4.13. The van der Waals surface area contributed by atoms with E-state index in [1.807, 2.05) is 0 Å². The zero-order chi connectivity index (χ0) is 14.8. The molecule has 1 aromatic rings. The zero-order valence-corrected chi connectivity index (χ0v) is 12.0. The van der Waals surface area contributed by atoms with Gasteiger partial charge in [-0.05, 0) is 30.5 Å². The molecule has 0 amide bonds. The van der Waals surface area contributed by atoms with Gasteiger partial charge in [0.1, 0.15) is 11.8 Å². The predicted molar refractivity (Wildman–Crippen MR) is 73.0 cm³/mol. The largest absolute Gasteiger partial charge is 0.497 e. The van der Waals surface area contributed by atoms with Crippen LogP contribution in [0.1, 0.15) is 18.4 Å². The molecule has 1 N–H and O–H groups in total. The summed E-state index contributed by atoms with van der Waals surface area (Å²) in [5.74, 6) is -0.723. The van der Waals surface area contributed by atoms with Crippen LogP contribution in [-0.4, -0.2) is 43.5 Å². The number of carboxylic acids is 1. The lowest BCUT2D eigenvalue weighted by atomic mass is 10.2. The summed E-state index contributed by atoms with van der Waals surface area (Å²) in [5.41, 5.74) is 0.584. The van der Waals surface area contributed by atoms with Crippen molar-refractivity contribution in [1.29, 1.82) is 0 Å². The number of sulfonamides is 1. The number of methoxy groups -OCH3 is 1. The first-order chi connectivity index (χ1) is 9.44. The highest BCUT2D eigenvalue weighted by atomic mass is 32.2. The Hall–Kier alpha value is -1.60. The van der Waals surface area contributed by atoms with Gasteiger partial charge in [0.2, 0.25) is 10.0 Å². The molecule has 110 valence electrons. The van der Waals surface area contributed by atoms with Gasteiger partial charge in [-0.3, -0.25) is 4.79 Å². The molecule has 0 saturated carbocycles. The van der Waals surface area contributed by atoms with E-state index in [4.69, 9.17) is 9.84 Å². The molecule has 7 heteroatoms. The monoisotopic (exact) mass is 299 g/mol. The SMILES string of the molecule is COc1cccc(CS(=O)(=O)N2CCCC2C(=O)O)c1. The third-order valence-electron chi connectivity index (χ3n) is 3.33. The Morgan fingerprint density at radius 2 is 2.25 bits per heavy atom. The Kier molecular flexibility index (Phi) is 4.29. The summed E-state index contributed by atoms with van der Waals surface area (Å²) in [6.07, 6.45) is 0.945. The molecule has 0 aliphatic carbocycles. The smallest absolute Gasteiger partial charge is 0.322 e. The molecular formula is C13H17NO5S. The maximum Gasteiger partial charge on any atom is 0.322 e. The molecule has 0 radical (unpaired) electrons. The minimum absolute atomic E-state index is 0.214. The van der Waals surface area contributed by atoms with E-state index in [9.17, 15) is 13.2 Å². The first kappa shape index (κ1) is 14.8. The number of benzene rings is 1. The molecule has 1 heterocycles. The average Bonchev–Trinajstić information content (AvgIpc) is 2.88. The van der Waals surface area contributed by atoms with Gasteiger partial charge in [0.25, 0.3) is 0 Å². The molecule has 1 saturated heterocycles. The molecule has 0 aromatic heterocycles. The normalized spacial score (nSPS) is 19.9. The van der Waals surface area contributed by atoms with Crippen molar-refractivity contribution in [2.45, 2.75) is 24.6 Å². The second-order valence-electron chi connectivity index (χ2n) is 4.71. The number of ether oxygens (including phenoxy) is 1. The van der Waals surface area contributed by atoms with Gasteiger partial charge in [0, 0.05) is 6.54 Å². The lowest BCUT2D eigenvalue weighted by molar-refractivity contribution is -0.140. The molecule has 20 heavy (non-hydrogen) atoms. The molecular weight excluding hydrogens is 282 g/mol. The first-order valence-corrected chi connectivity index (χ1v) is 7.90. The average molecular weight is 299 g/mol. The van der Waals surface area contributed by atoms with Crippen LogP contribution in [0.5, 0.6) is 5.75 Å². The van der Waals surface area contributed by atoms with E-state index in [0.29, 0.717) is 24.2 Å². The molecule has 2 rings (SSSR count). The summed E-state index contributed by atoms with van der Waals surface area (Å²) in [4.78, 5) is 11.1. The van der Waals surface area contributed by atoms with Crippen LogP contribution in [-0.2, 0) is 20.6 Å². The van der Waals surface area contributed by atoms with E-state index in [-0.39, 0.29) is 12.3 Å². The van der Waals surface area contributed by atoms with Crippen LogP contribution in [0.25, 0.3) is 0 Å². The van der Waals surface area contributed by atoms with Crippen molar-refractivity contribution in [2.24, 2.45) is 0 Å². The van der Waals surface area contributed by atoms with Gasteiger partial charge in [0.05, 0.1) is 12.9 Å². The number of hydrogen-bond acceptors (Lipinski definition) is 4. The Balaban J connectivity index is 2.20. The quantitative estimate of drug-likeness (QED) is 0.879. The Morgan fingerprint density at radius 3 is 2.90 bits per heavy atom. The fraction of sp³-hybridized carbons (Fsp3) is 0.462. The number of carbonyl (C=O) groups is 1. The van der Waals surface area contributed by atoms with Crippen LogP contribution in [0.3, 0.4) is 0 Å². The van der Waals surface area contributed by atoms with E-state index < -0.39 is 22.0 Å². The number of hydrogen-bond donors (Lipinski definition) is 1. The van der Waals surface area contributed by atoms with Crippen LogP contribution in [0.15, 0.2) is 24.3 Å². The van der Waals surface area contributed by atoms with Gasteiger partial charge < -0.3 is 9.84 Å². The summed E-state index contributed by atoms with van der Waals surface area (Å²) in [7, 11) is -2.13. The van der Waals surface area contributed by atoms with E-state index in [1.54, 1.807) is 24.3 Å². The molecule has 1 atom stereocenters. The second-order valence-corrected chi connectivity index (χ2v) is 6.64. The van der Waals surface area contributed by atoms with Crippen LogP contribution >= 0.6 is 0 Å². The topological polar surface area (TPSA) is 83.9 Å². The zero-order valence-electron chi connectivity index (χ0n) is 11.2. The number of carboxylic acid groups (broad SMARTS) is 1. The van der Waals surface area contributed by atoms with Gasteiger partial charge in [-0.2, -0.15) is 4.31 Å². The maximum atomic E-state index is 12.3. The molecule has 1 fully saturated rings. The third-order valence-corrected chi connectivity index (χ3v) is 5.18. The van der Waals surface area contributed by atoms with E-state index in [0.717, 1.165) is 4.31 Å². The van der Waals surface area contributed by atoms with E-state index >= 15 is 0 Å². The fourth-order valence-electron chi connectivity index (χ4n) is 2.38. The van der Waals surface area contributed by atoms with Gasteiger partial charge in [0.15, 0.2) is 0 Å². The number of aliphatic carboxylic acids is 1. The van der Waals surface area contributed by atoms with Crippen LogP contribution in [0.2, 0.25) is 0 Å². The first-order valence-electron chi connectivity index (χ1n) is 6.29. The van der Waals surface area contributed by atoms with Crippen LogP contribution in [0, 0.1) is 0 Å². The second kappa shape index (κ2) is 5.80. The van der Waals surface area contributed by atoms with Crippen molar-refractivity contribution in [1.82, 2.24) is 4.31 Å². The molecule has 0 spiro atoms. The summed E-state index contributed by atoms with van der Waals surface area (Å²) < 4.78 is 30.8. The predicted octanol–water partition coefficient (Wildman–Crippen LogP) is 1.07. The minimum Gasteiger partial charge on any atom is -0.497 e. The molecule has 1 aliphatic heterocycles. The Bertz CT molecular complexity index is 599. The van der Waals surface area contributed by atoms with Crippen molar-refractivity contribution < 1.29 is 23.1 Å². The van der Waals surface area contributed by atoms with E-state index in [2.05, 4.69) is 0 Å². The summed E-state index contributed by atoms with van der Waals surface area (Å²) >= 11 is 0. The molecule has 0 bridgehead atoms. The van der Waals surface area contributed by atoms with Gasteiger partial charge in [-0.1, -0.05) is 12.1 Å². The minimum atomic E-state index is -3.64. The van der Waals surface area contributed by atoms with Crippen molar-refractivity contribution in [3.05, 3.63) is 29.8 Å². The highest BCUT2D eigenvalue weighted by molar-refractivity contribution is 7.88. The molecule has 6 nitrogen and oxygen atoms in total. The van der Waals surface area contributed by atoms with Crippen molar-refractivity contribution in [3.63, 3.8) is 0 Å². The van der Waals surface area contributed by atoms with Crippen molar-refractivity contribution >= 4 is 16.0 Å². The standard InChI is InChI=1S/C13H17NO5S/c1-19-11-5-2-4-10(8-11)9-20(17,18)14-7-3-6-12(14)13(15)16/h2,4-5,8,12H,3,6-7,9H2,1H3,(H,15,16). The Morgan fingerprint density at radius 1 is 1.50 bits per heavy atom. The van der Waals surface area contributed by atoms with Gasteiger partial charge in [-0.15, -0.1) is 0 Å². The van der Waals surface area contributed by atoms with E-state index in [1.165, 1.54) is 7.11 Å². The molecule has 1 aliphatic rings. The number of rotatable bonds is 5. The van der Waals surface area contributed by atoms with Crippen molar-refractivity contribution in [2.75, 3.05) is 13.7 Å².